The van der Waals surface area contributed by atoms with Gasteiger partial charge in [-0.25, -0.2) is 0 Å². The van der Waals surface area contributed by atoms with Crippen LogP contribution in [-0.4, -0.2) is 44.2 Å². The van der Waals surface area contributed by atoms with Gasteiger partial charge in [0.25, 0.3) is 0 Å². The van der Waals surface area contributed by atoms with Crippen LogP contribution in [0, 0.1) is 5.92 Å². The lowest BCUT2D eigenvalue weighted by molar-refractivity contribution is -0.0725. The normalized spacial score (nSPS) is 35.1. The summed E-state index contributed by atoms with van der Waals surface area (Å²) in [7, 11) is 0. The summed E-state index contributed by atoms with van der Waals surface area (Å²) in [6, 6.07) is 0. The highest BCUT2D eigenvalue weighted by Gasteiger charge is 2.31. The zero-order valence-corrected chi connectivity index (χ0v) is 12.0. The first-order valence-corrected chi connectivity index (χ1v) is 7.71. The molecule has 0 spiro atoms. The number of ether oxygens (including phenoxy) is 2. The molecule has 3 aliphatic heterocycles. The summed E-state index contributed by atoms with van der Waals surface area (Å²) in [6.45, 7) is 3.82. The van der Waals surface area contributed by atoms with Gasteiger partial charge >= 0.3 is 0 Å². The van der Waals surface area contributed by atoms with E-state index in [2.05, 4.69) is 28.5 Å². The minimum absolute atomic E-state index is 0.285. The molecule has 110 valence electrons. The van der Waals surface area contributed by atoms with E-state index in [1.54, 1.807) is 0 Å². The van der Waals surface area contributed by atoms with E-state index in [9.17, 15) is 0 Å². The van der Waals surface area contributed by atoms with Crippen LogP contribution < -0.4 is 5.32 Å². The Morgan fingerprint density at radius 2 is 2.20 bits per heavy atom. The molecule has 3 heterocycles. The number of rotatable bonds is 4. The molecule has 0 aromatic carbocycles. The van der Waals surface area contributed by atoms with Crippen molar-refractivity contribution in [3.63, 3.8) is 0 Å². The van der Waals surface area contributed by atoms with Crippen molar-refractivity contribution in [2.45, 2.75) is 37.4 Å². The lowest BCUT2D eigenvalue weighted by Gasteiger charge is -2.34. The van der Waals surface area contributed by atoms with Crippen molar-refractivity contribution in [2.75, 3.05) is 26.3 Å². The third-order valence-corrected chi connectivity index (χ3v) is 4.22. The molecule has 0 saturated carbocycles. The Balaban J connectivity index is 1.67. The third-order valence-electron chi connectivity index (χ3n) is 4.22. The maximum absolute atomic E-state index is 6.39. The maximum atomic E-state index is 6.39. The van der Waals surface area contributed by atoms with Crippen LogP contribution in [0.5, 0.6) is 0 Å². The van der Waals surface area contributed by atoms with Crippen LogP contribution in [0.15, 0.2) is 29.4 Å². The monoisotopic (exact) mass is 276 g/mol. The van der Waals surface area contributed by atoms with Gasteiger partial charge in [-0.2, -0.15) is 0 Å². The molecule has 3 rings (SSSR count). The first-order chi connectivity index (χ1) is 9.86. The highest BCUT2D eigenvalue weighted by Crippen LogP contribution is 2.26. The van der Waals surface area contributed by atoms with E-state index in [1.807, 2.05) is 12.4 Å². The molecule has 4 heteroatoms. The lowest BCUT2D eigenvalue weighted by Crippen LogP contribution is -2.39. The van der Waals surface area contributed by atoms with E-state index < -0.39 is 0 Å². The Kier molecular flexibility index (Phi) is 4.65. The van der Waals surface area contributed by atoms with Crippen molar-refractivity contribution in [1.29, 1.82) is 0 Å². The summed E-state index contributed by atoms with van der Waals surface area (Å²) in [4.78, 5) is 4.31. The predicted octanol–water partition coefficient (Wildman–Crippen LogP) is 2.07. The van der Waals surface area contributed by atoms with Crippen molar-refractivity contribution in [3.8, 4) is 0 Å². The van der Waals surface area contributed by atoms with Crippen LogP contribution >= 0.6 is 0 Å². The smallest absolute Gasteiger partial charge is 0.125 e. The van der Waals surface area contributed by atoms with Crippen molar-refractivity contribution < 1.29 is 9.47 Å². The van der Waals surface area contributed by atoms with Crippen LogP contribution in [0.1, 0.15) is 25.7 Å². The summed E-state index contributed by atoms with van der Waals surface area (Å²) in [5, 5.41) is 3.40. The fourth-order valence-corrected chi connectivity index (χ4v) is 2.99. The van der Waals surface area contributed by atoms with Gasteiger partial charge in [0.15, 0.2) is 0 Å². The zero-order valence-electron chi connectivity index (χ0n) is 12.0. The second kappa shape index (κ2) is 6.66. The largest absolute Gasteiger partial charge is 0.381 e. The molecule has 2 saturated heterocycles. The number of aliphatic imine (C=N–C) groups is 1. The maximum Gasteiger partial charge on any atom is 0.125 e. The highest BCUT2D eigenvalue weighted by atomic mass is 16.5. The van der Waals surface area contributed by atoms with E-state index in [4.69, 9.17) is 9.47 Å². The number of nitrogens with one attached hydrogen (secondary N) is 1. The molecule has 2 unspecified atom stereocenters. The Hall–Kier alpha value is -0.970. The Labute approximate surface area is 120 Å². The highest BCUT2D eigenvalue weighted by molar-refractivity contribution is 5.74. The molecule has 4 nitrogen and oxygen atoms in total. The second-order valence-electron chi connectivity index (χ2n) is 5.86. The molecular weight excluding hydrogens is 252 g/mol. The Bertz CT molecular complexity index is 393. The van der Waals surface area contributed by atoms with Crippen molar-refractivity contribution in [2.24, 2.45) is 10.9 Å². The molecule has 0 aromatic heterocycles. The average Bonchev–Trinajstić information content (AvgIpc) is 3.01. The topological polar surface area (TPSA) is 42.9 Å². The van der Waals surface area contributed by atoms with Gasteiger partial charge in [-0.15, -0.1) is 0 Å². The summed E-state index contributed by atoms with van der Waals surface area (Å²) in [5.74, 6) is 0.629. The molecule has 3 aliphatic rings. The minimum Gasteiger partial charge on any atom is -0.381 e. The molecule has 0 aliphatic carbocycles. The minimum atomic E-state index is -0.348. The summed E-state index contributed by atoms with van der Waals surface area (Å²) < 4.78 is 11.8. The van der Waals surface area contributed by atoms with E-state index in [-0.39, 0.29) is 11.7 Å². The quantitative estimate of drug-likeness (QED) is 0.799. The van der Waals surface area contributed by atoms with Crippen LogP contribution in [0.25, 0.3) is 0 Å². The van der Waals surface area contributed by atoms with E-state index in [1.165, 1.54) is 6.42 Å². The summed E-state index contributed by atoms with van der Waals surface area (Å²) in [6.07, 6.45) is 14.8. The summed E-state index contributed by atoms with van der Waals surface area (Å²) in [5.41, 5.74) is -0.348. The second-order valence-corrected chi connectivity index (χ2v) is 5.86. The van der Waals surface area contributed by atoms with Gasteiger partial charge in [-0.05, 0) is 31.7 Å². The molecule has 2 atom stereocenters. The first kappa shape index (κ1) is 14.0. The van der Waals surface area contributed by atoms with E-state index in [0.717, 1.165) is 45.6 Å². The van der Waals surface area contributed by atoms with Crippen LogP contribution in [0.4, 0.5) is 0 Å². The molecule has 0 aromatic rings. The third kappa shape index (κ3) is 3.57. The van der Waals surface area contributed by atoms with Gasteiger partial charge in [0, 0.05) is 38.6 Å². The molecule has 0 radical (unpaired) electrons. The van der Waals surface area contributed by atoms with Crippen molar-refractivity contribution in [3.05, 3.63) is 24.4 Å². The molecule has 0 bridgehead atoms. The number of nitrogens with zero attached hydrogens (tertiary/aromatic N) is 1. The molecule has 20 heavy (non-hydrogen) atoms. The molecule has 2 fully saturated rings. The van der Waals surface area contributed by atoms with Crippen LogP contribution in [-0.2, 0) is 9.47 Å². The van der Waals surface area contributed by atoms with Gasteiger partial charge < -0.3 is 14.8 Å². The number of hydrogen-bond acceptors (Lipinski definition) is 4. The van der Waals surface area contributed by atoms with Crippen molar-refractivity contribution >= 4 is 6.21 Å². The standard InChI is InChI=1S/C16H24N2O2/c1-6-16(13-18-8-1,7-2-14-3-9-17-12-14)20-15-4-10-19-11-5-15/h1-2,7-8,13-15,17H,3-6,9-12H2/b7-2+. The zero-order chi connectivity index (χ0) is 13.7. The number of hydrogen-bond donors (Lipinski definition) is 1. The lowest BCUT2D eigenvalue weighted by atomic mass is 9.95. The van der Waals surface area contributed by atoms with Crippen LogP contribution in [0.2, 0.25) is 0 Å². The van der Waals surface area contributed by atoms with Gasteiger partial charge in [-0.3, -0.25) is 4.99 Å². The SMILES string of the molecule is C1=CN=CC(/C=C/C2CCNC2)(OC2CCOCC2)C1. The van der Waals surface area contributed by atoms with Gasteiger partial charge in [0.1, 0.15) is 5.60 Å². The first-order valence-electron chi connectivity index (χ1n) is 7.71. The van der Waals surface area contributed by atoms with E-state index in [0.29, 0.717) is 5.92 Å². The van der Waals surface area contributed by atoms with Gasteiger partial charge in [0.05, 0.1) is 6.10 Å². The molecular formula is C16H24N2O2. The van der Waals surface area contributed by atoms with Crippen LogP contribution in [0.3, 0.4) is 0 Å². The fraction of sp³-hybridized carbons (Fsp3) is 0.688. The summed E-state index contributed by atoms with van der Waals surface area (Å²) >= 11 is 0. The molecule has 0 amide bonds. The Morgan fingerprint density at radius 3 is 2.90 bits per heavy atom. The fourth-order valence-electron chi connectivity index (χ4n) is 2.99. The Morgan fingerprint density at radius 1 is 1.30 bits per heavy atom. The van der Waals surface area contributed by atoms with Gasteiger partial charge in [-0.1, -0.05) is 18.2 Å². The van der Waals surface area contributed by atoms with Gasteiger partial charge in [0.2, 0.25) is 0 Å². The average molecular weight is 276 g/mol. The van der Waals surface area contributed by atoms with Crippen molar-refractivity contribution in [1.82, 2.24) is 5.32 Å². The predicted molar refractivity (Wildman–Crippen MR) is 80.0 cm³/mol. The van der Waals surface area contributed by atoms with E-state index >= 15 is 0 Å². The molecule has 1 N–H and O–H groups in total.